The Balaban J connectivity index is 1.40. The molecule has 0 radical (unpaired) electrons. The van der Waals surface area contributed by atoms with Crippen molar-refractivity contribution in [2.24, 2.45) is 5.92 Å². The molecule has 1 aliphatic heterocycles. The fourth-order valence-corrected chi connectivity index (χ4v) is 7.09. The Labute approximate surface area is 224 Å². The second-order valence-electron chi connectivity index (χ2n) is 11.2. The minimum atomic E-state index is -0.963. The van der Waals surface area contributed by atoms with E-state index in [-0.39, 0.29) is 24.0 Å². The number of benzene rings is 2. The van der Waals surface area contributed by atoms with Crippen LogP contribution in [-0.4, -0.2) is 33.8 Å². The molecule has 2 aromatic carbocycles. The van der Waals surface area contributed by atoms with Crippen molar-refractivity contribution in [1.82, 2.24) is 14.7 Å². The zero-order valence-corrected chi connectivity index (χ0v) is 22.2. The summed E-state index contributed by atoms with van der Waals surface area (Å²) in [5, 5.41) is 4.12. The van der Waals surface area contributed by atoms with Gasteiger partial charge >= 0.3 is 0 Å². The van der Waals surface area contributed by atoms with Crippen LogP contribution in [0.25, 0.3) is 22.2 Å². The highest BCUT2D eigenvalue weighted by Crippen LogP contribution is 2.64. The van der Waals surface area contributed by atoms with Gasteiger partial charge in [-0.1, -0.05) is 11.2 Å². The molecule has 7 nitrogen and oxygen atoms in total. The topological polar surface area (TPSA) is 73.4 Å². The lowest BCUT2D eigenvalue weighted by atomic mass is 9.92. The molecule has 39 heavy (non-hydrogen) atoms. The van der Waals surface area contributed by atoms with E-state index in [2.05, 4.69) is 27.9 Å². The number of imidazole rings is 1. The number of ether oxygens (including phenoxy) is 1. The van der Waals surface area contributed by atoms with E-state index in [0.717, 1.165) is 83.7 Å². The van der Waals surface area contributed by atoms with Crippen LogP contribution in [0.2, 0.25) is 0 Å². The molecule has 0 N–H and O–H groups in total. The molecule has 2 aliphatic carbocycles. The third-order valence-electron chi connectivity index (χ3n) is 9.04. The highest BCUT2D eigenvalue weighted by Gasteiger charge is 2.69. The number of anilines is 1. The molecule has 0 spiro atoms. The van der Waals surface area contributed by atoms with Crippen molar-refractivity contribution in [2.45, 2.75) is 70.1 Å². The summed E-state index contributed by atoms with van der Waals surface area (Å²) in [6.07, 6.45) is 5.10. The number of piperidine rings is 1. The number of halogens is 2. The molecule has 2 saturated carbocycles. The van der Waals surface area contributed by atoms with Gasteiger partial charge in [-0.05, 0) is 75.8 Å². The standard InChI is InChI=1S/C30H30F2N4O3/c1-16-28(17(2)39-34-16)18-4-11-26-25(12-18)33-29(35(26)20-5-8-22(38-3)9-6-20)30-15-19(30)13-27(37)36(30)21-7-10-23(31)24(32)14-21/h4,7,10-12,14,19-20,22H,5-6,8-9,13,15H2,1-3H3/t19?,20-,22-,30?. The van der Waals surface area contributed by atoms with Gasteiger partial charge in [0.2, 0.25) is 5.91 Å². The molecule has 202 valence electrons. The summed E-state index contributed by atoms with van der Waals surface area (Å²) in [5.41, 5.74) is 4.28. The monoisotopic (exact) mass is 532 g/mol. The lowest BCUT2D eigenvalue weighted by Gasteiger charge is -2.34. The summed E-state index contributed by atoms with van der Waals surface area (Å²) >= 11 is 0. The molecule has 2 atom stereocenters. The van der Waals surface area contributed by atoms with Gasteiger partial charge in [-0.15, -0.1) is 0 Å². The zero-order valence-electron chi connectivity index (χ0n) is 22.2. The molecule has 7 rings (SSSR count). The fraction of sp³-hybridized carbons (Fsp3) is 0.433. The maximum absolute atomic E-state index is 14.3. The molecule has 1 amide bonds. The van der Waals surface area contributed by atoms with E-state index in [9.17, 15) is 13.6 Å². The number of nitrogens with zero attached hydrogens (tertiary/aromatic N) is 4. The van der Waals surface area contributed by atoms with Crippen molar-refractivity contribution >= 4 is 22.6 Å². The normalized spacial score (nSPS) is 26.4. The Kier molecular flexibility index (Phi) is 5.46. The molecule has 3 heterocycles. The molecule has 2 unspecified atom stereocenters. The van der Waals surface area contributed by atoms with Crippen LogP contribution in [0.1, 0.15) is 61.8 Å². The number of aromatic nitrogens is 3. The number of carbonyl (C=O) groups excluding carboxylic acids is 1. The van der Waals surface area contributed by atoms with Crippen molar-refractivity contribution in [1.29, 1.82) is 0 Å². The lowest BCUT2D eigenvalue weighted by molar-refractivity contribution is -0.118. The number of hydrogen-bond donors (Lipinski definition) is 0. The maximum atomic E-state index is 14.3. The number of rotatable bonds is 5. The van der Waals surface area contributed by atoms with E-state index in [4.69, 9.17) is 14.2 Å². The first-order valence-corrected chi connectivity index (χ1v) is 13.6. The Bertz CT molecular complexity index is 1600. The average Bonchev–Trinajstić information content (AvgIpc) is 3.18. The van der Waals surface area contributed by atoms with Crippen LogP contribution in [-0.2, 0) is 15.1 Å². The minimum absolute atomic E-state index is 0.0750. The zero-order chi connectivity index (χ0) is 27.1. The molecular formula is C30H30F2N4O3. The largest absolute Gasteiger partial charge is 0.381 e. The number of hydrogen-bond acceptors (Lipinski definition) is 5. The highest BCUT2D eigenvalue weighted by atomic mass is 19.2. The van der Waals surface area contributed by atoms with Gasteiger partial charge in [0.15, 0.2) is 11.6 Å². The molecule has 3 aliphatic rings. The van der Waals surface area contributed by atoms with Gasteiger partial charge in [-0.3, -0.25) is 9.69 Å². The predicted octanol–water partition coefficient (Wildman–Crippen LogP) is 6.37. The van der Waals surface area contributed by atoms with Crippen molar-refractivity contribution in [3.05, 3.63) is 65.3 Å². The second-order valence-corrected chi connectivity index (χ2v) is 11.2. The second kappa shape index (κ2) is 8.71. The number of carbonyl (C=O) groups is 1. The van der Waals surface area contributed by atoms with Gasteiger partial charge in [0.1, 0.15) is 17.1 Å². The van der Waals surface area contributed by atoms with E-state index in [1.807, 2.05) is 13.8 Å². The SMILES string of the molecule is CO[C@H]1CC[C@H](n2c(C34CC3CC(=O)N4c3ccc(F)c(F)c3)nc3cc(-c4c(C)noc4C)ccc32)CC1. The van der Waals surface area contributed by atoms with Crippen molar-refractivity contribution in [2.75, 3.05) is 12.0 Å². The van der Waals surface area contributed by atoms with Gasteiger partial charge in [-0.25, -0.2) is 13.8 Å². The van der Waals surface area contributed by atoms with Crippen LogP contribution in [0.4, 0.5) is 14.5 Å². The summed E-state index contributed by atoms with van der Waals surface area (Å²) in [4.78, 5) is 20.2. The summed E-state index contributed by atoms with van der Waals surface area (Å²) in [6, 6.07) is 10.1. The van der Waals surface area contributed by atoms with Crippen molar-refractivity contribution in [3.63, 3.8) is 0 Å². The van der Waals surface area contributed by atoms with Gasteiger partial charge in [0, 0.05) is 42.8 Å². The summed E-state index contributed by atoms with van der Waals surface area (Å²) in [6.45, 7) is 3.82. The van der Waals surface area contributed by atoms with Gasteiger partial charge in [0.05, 0.1) is 22.8 Å². The maximum Gasteiger partial charge on any atom is 0.228 e. The molecule has 1 saturated heterocycles. The van der Waals surface area contributed by atoms with Crippen LogP contribution in [0, 0.1) is 31.4 Å². The third kappa shape index (κ3) is 3.58. The Morgan fingerprint density at radius 3 is 2.54 bits per heavy atom. The van der Waals surface area contributed by atoms with E-state index in [0.29, 0.717) is 12.1 Å². The van der Waals surface area contributed by atoms with E-state index >= 15 is 0 Å². The number of amides is 1. The smallest absolute Gasteiger partial charge is 0.228 e. The van der Waals surface area contributed by atoms with Crippen LogP contribution >= 0.6 is 0 Å². The van der Waals surface area contributed by atoms with Gasteiger partial charge in [0.25, 0.3) is 0 Å². The first-order valence-electron chi connectivity index (χ1n) is 13.6. The molecule has 9 heteroatoms. The van der Waals surface area contributed by atoms with Crippen LogP contribution in [0.5, 0.6) is 0 Å². The van der Waals surface area contributed by atoms with Crippen LogP contribution < -0.4 is 4.90 Å². The van der Waals surface area contributed by atoms with E-state index in [1.54, 1.807) is 12.0 Å². The fourth-order valence-electron chi connectivity index (χ4n) is 7.09. The molecule has 3 fully saturated rings. The first-order chi connectivity index (χ1) is 18.8. The average molecular weight is 533 g/mol. The minimum Gasteiger partial charge on any atom is -0.381 e. The number of fused-ring (bicyclic) bond motifs is 2. The first kappa shape index (κ1) is 24.5. The Hall–Kier alpha value is -3.59. The van der Waals surface area contributed by atoms with Crippen LogP contribution in [0.15, 0.2) is 40.9 Å². The molecule has 0 bridgehead atoms. The van der Waals surface area contributed by atoms with E-state index < -0.39 is 17.2 Å². The Morgan fingerprint density at radius 2 is 1.85 bits per heavy atom. The number of methoxy groups -OCH3 is 1. The van der Waals surface area contributed by atoms with Crippen molar-refractivity contribution in [3.8, 4) is 11.1 Å². The molecule has 2 aromatic heterocycles. The molecular weight excluding hydrogens is 502 g/mol. The predicted molar refractivity (Wildman–Crippen MR) is 141 cm³/mol. The van der Waals surface area contributed by atoms with Gasteiger partial charge in [-0.2, -0.15) is 0 Å². The van der Waals surface area contributed by atoms with Crippen LogP contribution in [0.3, 0.4) is 0 Å². The summed E-state index contributed by atoms with van der Waals surface area (Å²) in [5.74, 6) is -0.330. The van der Waals surface area contributed by atoms with Crippen molar-refractivity contribution < 1.29 is 22.8 Å². The lowest BCUT2D eigenvalue weighted by Crippen LogP contribution is -2.39. The third-order valence-corrected chi connectivity index (χ3v) is 9.04. The highest BCUT2D eigenvalue weighted by molar-refractivity contribution is 6.00. The van der Waals surface area contributed by atoms with E-state index in [1.165, 1.54) is 6.07 Å². The summed E-state index contributed by atoms with van der Waals surface area (Å²) in [7, 11) is 1.76. The Morgan fingerprint density at radius 1 is 1.05 bits per heavy atom. The summed E-state index contributed by atoms with van der Waals surface area (Å²) < 4.78 is 41.5. The van der Waals surface area contributed by atoms with Gasteiger partial charge < -0.3 is 13.8 Å². The number of aryl methyl sites for hydroxylation is 2. The quantitative estimate of drug-likeness (QED) is 0.299. The molecule has 4 aromatic rings.